The van der Waals surface area contributed by atoms with Crippen molar-refractivity contribution in [2.75, 3.05) is 51.4 Å². The number of aryl methyl sites for hydroxylation is 1. The number of carbonyl (C=O) groups excluding carboxylic acids is 1. The molecule has 3 rings (SSSR count). The summed E-state index contributed by atoms with van der Waals surface area (Å²) in [6.07, 6.45) is 1.63. The summed E-state index contributed by atoms with van der Waals surface area (Å²) in [6, 6.07) is 9.26. The van der Waals surface area contributed by atoms with Gasteiger partial charge in [0.05, 0.1) is 25.3 Å². The van der Waals surface area contributed by atoms with Crippen LogP contribution in [0.5, 0.6) is 5.75 Å². The number of aromatic nitrogens is 1. The Balaban J connectivity index is 1.52. The summed E-state index contributed by atoms with van der Waals surface area (Å²) in [4.78, 5) is 20.7. The van der Waals surface area contributed by atoms with Gasteiger partial charge in [0.15, 0.2) is 0 Å². The molecule has 1 aromatic heterocycles. The number of morpholine rings is 1. The van der Waals surface area contributed by atoms with Crippen molar-refractivity contribution in [1.82, 2.24) is 9.88 Å². The molecule has 0 aliphatic carbocycles. The van der Waals surface area contributed by atoms with Gasteiger partial charge in [-0.2, -0.15) is 0 Å². The number of carbonyl (C=O) groups is 1. The minimum absolute atomic E-state index is 0.00144. The van der Waals surface area contributed by atoms with Crippen LogP contribution in [0.25, 0.3) is 0 Å². The first kappa shape index (κ1) is 19.5. The maximum atomic E-state index is 12.5. The molecule has 1 saturated heterocycles. The number of hydrogen-bond donors (Lipinski definition) is 0. The van der Waals surface area contributed by atoms with Crippen LogP contribution in [0.2, 0.25) is 5.02 Å². The Morgan fingerprint density at radius 2 is 2.07 bits per heavy atom. The highest BCUT2D eigenvalue weighted by Gasteiger charge is 2.18. The largest absolute Gasteiger partial charge is 0.491 e. The molecule has 6 nitrogen and oxygen atoms in total. The molecule has 7 heteroatoms. The van der Waals surface area contributed by atoms with Crippen LogP contribution in [-0.4, -0.2) is 62.3 Å². The number of anilines is 1. The summed E-state index contributed by atoms with van der Waals surface area (Å²) < 4.78 is 11.1. The van der Waals surface area contributed by atoms with E-state index in [9.17, 15) is 4.79 Å². The van der Waals surface area contributed by atoms with Gasteiger partial charge in [-0.05, 0) is 42.8 Å². The van der Waals surface area contributed by atoms with E-state index in [4.69, 9.17) is 21.1 Å². The number of nitrogens with zero attached hydrogens (tertiary/aromatic N) is 3. The van der Waals surface area contributed by atoms with E-state index in [1.165, 1.54) is 0 Å². The van der Waals surface area contributed by atoms with Gasteiger partial charge in [0.25, 0.3) is 5.91 Å². The third-order valence-corrected chi connectivity index (χ3v) is 4.74. The molecule has 1 aliphatic heterocycles. The van der Waals surface area contributed by atoms with Crippen molar-refractivity contribution >= 4 is 23.3 Å². The van der Waals surface area contributed by atoms with Crippen LogP contribution in [0.3, 0.4) is 0 Å². The summed E-state index contributed by atoms with van der Waals surface area (Å²) >= 11 is 5.96. The van der Waals surface area contributed by atoms with Crippen LogP contribution in [0.4, 0.5) is 5.82 Å². The molecule has 0 N–H and O–H groups in total. The van der Waals surface area contributed by atoms with E-state index >= 15 is 0 Å². The predicted molar refractivity (Wildman–Crippen MR) is 106 cm³/mol. The molecule has 0 radical (unpaired) electrons. The van der Waals surface area contributed by atoms with E-state index < -0.39 is 0 Å². The van der Waals surface area contributed by atoms with E-state index in [0.29, 0.717) is 50.0 Å². The predicted octanol–water partition coefficient (Wildman–Crippen LogP) is 3.03. The van der Waals surface area contributed by atoms with Crippen molar-refractivity contribution in [3.05, 3.63) is 52.7 Å². The van der Waals surface area contributed by atoms with Crippen LogP contribution in [-0.2, 0) is 4.74 Å². The number of halogens is 1. The van der Waals surface area contributed by atoms with Gasteiger partial charge < -0.3 is 19.3 Å². The molecular weight excluding hydrogens is 366 g/mol. The van der Waals surface area contributed by atoms with E-state index in [-0.39, 0.29) is 5.91 Å². The quantitative estimate of drug-likeness (QED) is 0.760. The fourth-order valence-corrected chi connectivity index (χ4v) is 3.10. The lowest BCUT2D eigenvalue weighted by Gasteiger charge is -2.27. The van der Waals surface area contributed by atoms with Gasteiger partial charge in [-0.3, -0.25) is 4.79 Å². The normalized spacial score (nSPS) is 14.1. The van der Waals surface area contributed by atoms with Crippen molar-refractivity contribution in [1.29, 1.82) is 0 Å². The third-order valence-electron chi connectivity index (χ3n) is 4.51. The molecule has 1 aliphatic rings. The third kappa shape index (κ3) is 5.11. The lowest BCUT2D eigenvalue weighted by atomic mass is 10.2. The Hall–Kier alpha value is -2.31. The van der Waals surface area contributed by atoms with Gasteiger partial charge >= 0.3 is 0 Å². The van der Waals surface area contributed by atoms with Gasteiger partial charge in [-0.1, -0.05) is 11.6 Å². The average Bonchev–Trinajstić information content (AvgIpc) is 2.70. The van der Waals surface area contributed by atoms with Crippen LogP contribution in [0.15, 0.2) is 36.5 Å². The Labute approximate surface area is 164 Å². The van der Waals surface area contributed by atoms with Crippen molar-refractivity contribution < 1.29 is 14.3 Å². The van der Waals surface area contributed by atoms with Gasteiger partial charge in [-0.25, -0.2) is 4.98 Å². The Bertz CT molecular complexity index is 777. The molecule has 0 atom stereocenters. The number of likely N-dealkylation sites (N-methyl/N-ethyl adjacent to an activating group) is 1. The molecule has 0 spiro atoms. The molecule has 2 heterocycles. The standard InChI is InChI=1S/C20H24ClN3O3/c1-15-13-17(21)4-5-18(15)27-12-7-23(2)19-6-3-16(14-22-19)20(25)24-8-10-26-11-9-24/h3-6,13-14H,7-12H2,1-2H3. The van der Waals surface area contributed by atoms with Gasteiger partial charge in [0.1, 0.15) is 18.2 Å². The van der Waals surface area contributed by atoms with Crippen molar-refractivity contribution in [2.45, 2.75) is 6.92 Å². The molecule has 1 fully saturated rings. The fraction of sp³-hybridized carbons (Fsp3) is 0.400. The molecule has 0 saturated carbocycles. The first-order valence-corrected chi connectivity index (χ1v) is 9.35. The zero-order chi connectivity index (χ0) is 19.2. The minimum Gasteiger partial charge on any atom is -0.491 e. The van der Waals surface area contributed by atoms with Gasteiger partial charge in [0.2, 0.25) is 0 Å². The van der Waals surface area contributed by atoms with Crippen molar-refractivity contribution in [3.8, 4) is 5.75 Å². The summed E-state index contributed by atoms with van der Waals surface area (Å²) in [7, 11) is 1.95. The van der Waals surface area contributed by atoms with Crippen LogP contribution in [0.1, 0.15) is 15.9 Å². The zero-order valence-electron chi connectivity index (χ0n) is 15.7. The Morgan fingerprint density at radius 3 is 2.74 bits per heavy atom. The Kier molecular flexibility index (Phi) is 6.53. The van der Waals surface area contributed by atoms with E-state index in [2.05, 4.69) is 4.98 Å². The SMILES string of the molecule is Cc1cc(Cl)ccc1OCCN(C)c1ccc(C(=O)N2CCOCC2)cn1. The second-order valence-electron chi connectivity index (χ2n) is 6.49. The molecular formula is C20H24ClN3O3. The first-order chi connectivity index (χ1) is 13.0. The summed E-state index contributed by atoms with van der Waals surface area (Å²) in [6.45, 7) is 5.60. The maximum Gasteiger partial charge on any atom is 0.255 e. The molecule has 0 bridgehead atoms. The highest BCUT2D eigenvalue weighted by atomic mass is 35.5. The van der Waals surface area contributed by atoms with Gasteiger partial charge in [-0.15, -0.1) is 0 Å². The second kappa shape index (κ2) is 9.06. The van der Waals surface area contributed by atoms with Crippen LogP contribution >= 0.6 is 11.6 Å². The van der Waals surface area contributed by atoms with E-state index in [1.54, 1.807) is 11.1 Å². The average molecular weight is 390 g/mol. The topological polar surface area (TPSA) is 54.9 Å². The first-order valence-electron chi connectivity index (χ1n) is 8.98. The lowest BCUT2D eigenvalue weighted by molar-refractivity contribution is 0.0302. The van der Waals surface area contributed by atoms with Crippen molar-refractivity contribution in [3.63, 3.8) is 0 Å². The van der Waals surface area contributed by atoms with E-state index in [1.807, 2.05) is 49.2 Å². The molecule has 1 amide bonds. The fourth-order valence-electron chi connectivity index (χ4n) is 2.87. The molecule has 0 unspecified atom stereocenters. The summed E-state index contributed by atoms with van der Waals surface area (Å²) in [5.41, 5.74) is 1.61. The lowest BCUT2D eigenvalue weighted by Crippen LogP contribution is -2.40. The Morgan fingerprint density at radius 1 is 1.30 bits per heavy atom. The highest BCUT2D eigenvalue weighted by Crippen LogP contribution is 2.21. The molecule has 1 aromatic carbocycles. The van der Waals surface area contributed by atoms with Crippen LogP contribution < -0.4 is 9.64 Å². The highest BCUT2D eigenvalue weighted by molar-refractivity contribution is 6.30. The summed E-state index contributed by atoms with van der Waals surface area (Å²) in [5.74, 6) is 1.62. The van der Waals surface area contributed by atoms with Crippen LogP contribution in [0, 0.1) is 6.92 Å². The van der Waals surface area contributed by atoms with Gasteiger partial charge in [0, 0.05) is 31.4 Å². The zero-order valence-corrected chi connectivity index (χ0v) is 16.4. The monoisotopic (exact) mass is 389 g/mol. The number of pyridine rings is 1. The number of benzene rings is 1. The second-order valence-corrected chi connectivity index (χ2v) is 6.93. The summed E-state index contributed by atoms with van der Waals surface area (Å²) in [5, 5.41) is 0.702. The molecule has 144 valence electrons. The number of hydrogen-bond acceptors (Lipinski definition) is 5. The number of rotatable bonds is 6. The molecule has 27 heavy (non-hydrogen) atoms. The number of amides is 1. The number of ether oxygens (including phenoxy) is 2. The van der Waals surface area contributed by atoms with E-state index in [0.717, 1.165) is 17.1 Å². The maximum absolute atomic E-state index is 12.5. The smallest absolute Gasteiger partial charge is 0.255 e. The molecule has 2 aromatic rings. The minimum atomic E-state index is 0.00144. The van der Waals surface area contributed by atoms with Crippen molar-refractivity contribution in [2.24, 2.45) is 0 Å².